The third-order valence-corrected chi connectivity index (χ3v) is 5.43. The second kappa shape index (κ2) is 8.50. The predicted molar refractivity (Wildman–Crippen MR) is 116 cm³/mol. The maximum atomic E-state index is 12.4. The summed E-state index contributed by atoms with van der Waals surface area (Å²) in [6.45, 7) is 2.36. The standard InChI is InChI=1S/C24H21ClN2O2/c1-16-14-20(11-12-22(16)25)29-15-17-6-8-19(9-7-17)24(28)27-26-23-13-10-18-4-2-3-5-21(18)23/h2-9,11-12,14H,10,13,15H2,1H3,(H,27,28)/b26-23-. The van der Waals surface area contributed by atoms with Gasteiger partial charge in [0.25, 0.3) is 5.91 Å². The number of carbonyl (C=O) groups excluding carboxylic acids is 1. The second-order valence-electron chi connectivity index (χ2n) is 7.05. The Morgan fingerprint density at radius 2 is 1.86 bits per heavy atom. The summed E-state index contributed by atoms with van der Waals surface area (Å²) in [4.78, 5) is 12.4. The molecule has 0 spiro atoms. The van der Waals surface area contributed by atoms with Crippen LogP contribution in [0, 0.1) is 6.92 Å². The van der Waals surface area contributed by atoms with Gasteiger partial charge in [0.05, 0.1) is 5.71 Å². The van der Waals surface area contributed by atoms with E-state index in [1.54, 1.807) is 12.1 Å². The summed E-state index contributed by atoms with van der Waals surface area (Å²) < 4.78 is 5.80. The number of ether oxygens (including phenoxy) is 1. The van der Waals surface area contributed by atoms with Crippen LogP contribution in [0.25, 0.3) is 0 Å². The van der Waals surface area contributed by atoms with Gasteiger partial charge in [0.15, 0.2) is 0 Å². The maximum absolute atomic E-state index is 12.4. The van der Waals surface area contributed by atoms with E-state index in [0.717, 1.165) is 46.0 Å². The Balaban J connectivity index is 1.36. The molecule has 3 aromatic carbocycles. The molecule has 0 saturated heterocycles. The van der Waals surface area contributed by atoms with Crippen molar-refractivity contribution in [3.63, 3.8) is 0 Å². The van der Waals surface area contributed by atoms with Crippen molar-refractivity contribution in [1.29, 1.82) is 0 Å². The maximum Gasteiger partial charge on any atom is 0.271 e. The first-order valence-electron chi connectivity index (χ1n) is 9.53. The molecule has 1 aliphatic carbocycles. The number of aryl methyl sites for hydroxylation is 2. The fourth-order valence-electron chi connectivity index (χ4n) is 3.33. The third kappa shape index (κ3) is 4.49. The van der Waals surface area contributed by atoms with Gasteiger partial charge in [0.2, 0.25) is 0 Å². The molecule has 1 N–H and O–H groups in total. The largest absolute Gasteiger partial charge is 0.489 e. The van der Waals surface area contributed by atoms with E-state index < -0.39 is 0 Å². The number of hydrogen-bond donors (Lipinski definition) is 1. The average Bonchev–Trinajstić information content (AvgIpc) is 3.16. The van der Waals surface area contributed by atoms with Crippen LogP contribution >= 0.6 is 11.6 Å². The van der Waals surface area contributed by atoms with Gasteiger partial charge in [0.1, 0.15) is 12.4 Å². The monoisotopic (exact) mass is 404 g/mol. The number of hydrogen-bond acceptors (Lipinski definition) is 3. The molecule has 0 aliphatic heterocycles. The van der Waals surface area contributed by atoms with Crippen molar-refractivity contribution in [2.24, 2.45) is 5.10 Å². The van der Waals surface area contributed by atoms with Gasteiger partial charge in [-0.2, -0.15) is 5.10 Å². The van der Waals surface area contributed by atoms with Gasteiger partial charge in [-0.15, -0.1) is 0 Å². The molecule has 0 radical (unpaired) electrons. The molecule has 1 amide bonds. The number of benzene rings is 3. The summed E-state index contributed by atoms with van der Waals surface area (Å²) in [6.07, 6.45) is 1.81. The lowest BCUT2D eigenvalue weighted by Gasteiger charge is -2.08. The molecule has 5 heteroatoms. The fraction of sp³-hybridized carbons (Fsp3) is 0.167. The van der Waals surface area contributed by atoms with Crippen molar-refractivity contribution in [2.45, 2.75) is 26.4 Å². The SMILES string of the molecule is Cc1cc(OCc2ccc(C(=O)N/N=C3/CCc4ccccc43)cc2)ccc1Cl. The minimum absolute atomic E-state index is 0.220. The molecule has 4 nitrogen and oxygen atoms in total. The highest BCUT2D eigenvalue weighted by Gasteiger charge is 2.17. The van der Waals surface area contributed by atoms with Crippen LogP contribution in [-0.2, 0) is 13.0 Å². The lowest BCUT2D eigenvalue weighted by Crippen LogP contribution is -2.19. The van der Waals surface area contributed by atoms with E-state index in [0.29, 0.717) is 12.2 Å². The molecule has 1 aliphatic rings. The van der Waals surface area contributed by atoms with E-state index in [1.165, 1.54) is 5.56 Å². The Morgan fingerprint density at radius 1 is 1.07 bits per heavy atom. The fourth-order valence-corrected chi connectivity index (χ4v) is 3.45. The summed E-state index contributed by atoms with van der Waals surface area (Å²) in [5.74, 6) is 0.545. The van der Waals surface area contributed by atoms with E-state index in [9.17, 15) is 4.79 Å². The molecular weight excluding hydrogens is 384 g/mol. The molecule has 29 heavy (non-hydrogen) atoms. The second-order valence-corrected chi connectivity index (χ2v) is 7.46. The van der Waals surface area contributed by atoms with Crippen molar-refractivity contribution in [3.8, 4) is 5.75 Å². The Hall–Kier alpha value is -3.11. The molecule has 0 bridgehead atoms. The van der Waals surface area contributed by atoms with Crippen LogP contribution in [0.2, 0.25) is 5.02 Å². The van der Waals surface area contributed by atoms with Crippen LogP contribution < -0.4 is 10.2 Å². The Morgan fingerprint density at radius 3 is 2.66 bits per heavy atom. The first kappa shape index (κ1) is 19.2. The van der Waals surface area contributed by atoms with Crippen molar-refractivity contribution < 1.29 is 9.53 Å². The number of rotatable bonds is 5. The molecule has 0 aromatic heterocycles. The van der Waals surface area contributed by atoms with Gasteiger partial charge >= 0.3 is 0 Å². The molecule has 0 atom stereocenters. The van der Waals surface area contributed by atoms with E-state index in [2.05, 4.69) is 16.6 Å². The predicted octanol–water partition coefficient (Wildman–Crippen LogP) is 5.31. The summed E-state index contributed by atoms with van der Waals surface area (Å²) in [6, 6.07) is 21.1. The van der Waals surface area contributed by atoms with E-state index in [4.69, 9.17) is 16.3 Å². The lowest BCUT2D eigenvalue weighted by molar-refractivity contribution is 0.0954. The normalized spacial score (nSPS) is 13.9. The first-order chi connectivity index (χ1) is 14.1. The van der Waals surface area contributed by atoms with Gasteiger partial charge in [-0.25, -0.2) is 5.43 Å². The number of nitrogens with zero attached hydrogens (tertiary/aromatic N) is 1. The quantitative estimate of drug-likeness (QED) is 0.586. The lowest BCUT2D eigenvalue weighted by atomic mass is 10.1. The van der Waals surface area contributed by atoms with E-state index in [-0.39, 0.29) is 5.91 Å². The van der Waals surface area contributed by atoms with Gasteiger partial charge in [-0.1, -0.05) is 48.0 Å². The molecule has 3 aromatic rings. The Bertz CT molecular complexity index is 1070. The van der Waals surface area contributed by atoms with Crippen molar-refractivity contribution in [1.82, 2.24) is 5.43 Å². The van der Waals surface area contributed by atoms with Crippen LogP contribution in [0.1, 0.15) is 39.0 Å². The Kier molecular flexibility index (Phi) is 5.63. The molecule has 0 heterocycles. The molecule has 0 unspecified atom stereocenters. The van der Waals surface area contributed by atoms with Crippen molar-refractivity contribution in [2.75, 3.05) is 0 Å². The number of fused-ring (bicyclic) bond motifs is 1. The van der Waals surface area contributed by atoms with Crippen LogP contribution in [0.15, 0.2) is 71.8 Å². The smallest absolute Gasteiger partial charge is 0.271 e. The average molecular weight is 405 g/mol. The third-order valence-electron chi connectivity index (χ3n) is 5.00. The highest BCUT2D eigenvalue weighted by atomic mass is 35.5. The van der Waals surface area contributed by atoms with E-state index in [1.807, 2.05) is 55.5 Å². The zero-order valence-corrected chi connectivity index (χ0v) is 16.9. The van der Waals surface area contributed by atoms with Gasteiger partial charge in [-0.05, 0) is 66.8 Å². The number of carbonyl (C=O) groups is 1. The van der Waals surface area contributed by atoms with Crippen LogP contribution in [0.3, 0.4) is 0 Å². The zero-order valence-electron chi connectivity index (χ0n) is 16.1. The topological polar surface area (TPSA) is 50.7 Å². The minimum Gasteiger partial charge on any atom is -0.489 e. The van der Waals surface area contributed by atoms with E-state index >= 15 is 0 Å². The van der Waals surface area contributed by atoms with Crippen molar-refractivity contribution >= 4 is 23.2 Å². The van der Waals surface area contributed by atoms with Gasteiger partial charge in [0, 0.05) is 16.1 Å². The molecule has 146 valence electrons. The van der Waals surface area contributed by atoms with Crippen molar-refractivity contribution in [3.05, 3.63) is 99.6 Å². The van der Waals surface area contributed by atoms with Gasteiger partial charge in [-0.3, -0.25) is 4.79 Å². The highest BCUT2D eigenvalue weighted by Crippen LogP contribution is 2.23. The Labute approximate surface area is 175 Å². The summed E-state index contributed by atoms with van der Waals surface area (Å²) in [5.41, 5.74) is 8.52. The van der Waals surface area contributed by atoms with Gasteiger partial charge < -0.3 is 4.74 Å². The number of amides is 1. The number of nitrogens with one attached hydrogen (secondary N) is 1. The van der Waals surface area contributed by atoms with Crippen LogP contribution in [0.5, 0.6) is 5.75 Å². The molecule has 0 saturated carbocycles. The van der Waals surface area contributed by atoms with Crippen LogP contribution in [0.4, 0.5) is 0 Å². The molecule has 0 fully saturated rings. The van der Waals surface area contributed by atoms with Crippen LogP contribution in [-0.4, -0.2) is 11.6 Å². The minimum atomic E-state index is -0.220. The number of hydrazone groups is 1. The summed E-state index contributed by atoms with van der Waals surface area (Å²) in [7, 11) is 0. The first-order valence-corrected chi connectivity index (χ1v) is 9.91. The highest BCUT2D eigenvalue weighted by molar-refractivity contribution is 6.31. The molecule has 4 rings (SSSR count). The molecular formula is C24H21ClN2O2. The summed E-state index contributed by atoms with van der Waals surface area (Å²) >= 11 is 6.03. The summed E-state index contributed by atoms with van der Waals surface area (Å²) in [5, 5.41) is 5.06. The number of halogens is 1. The zero-order chi connectivity index (χ0) is 20.2.